The molecule has 1 saturated heterocycles. The number of amides is 1. The Labute approximate surface area is 170 Å². The van der Waals surface area contributed by atoms with Gasteiger partial charge in [-0.25, -0.2) is 0 Å². The molecule has 0 aliphatic carbocycles. The van der Waals surface area contributed by atoms with Gasteiger partial charge in [-0.15, -0.1) is 0 Å². The Morgan fingerprint density at radius 3 is 2.35 bits per heavy atom. The van der Waals surface area contributed by atoms with Gasteiger partial charge in [0.15, 0.2) is 0 Å². The maximum atomic E-state index is 12.3. The predicted molar refractivity (Wildman–Crippen MR) is 106 cm³/mol. The van der Waals surface area contributed by atoms with Crippen LogP contribution in [0.2, 0.25) is 0 Å². The van der Waals surface area contributed by atoms with Crippen LogP contribution in [0.15, 0.2) is 53.0 Å². The molecule has 1 aliphatic heterocycles. The molecule has 26 heavy (non-hydrogen) atoms. The third-order valence-corrected chi connectivity index (χ3v) is 5.14. The summed E-state index contributed by atoms with van der Waals surface area (Å²) >= 11 is 3.51. The number of piperazine rings is 1. The van der Waals surface area contributed by atoms with Crippen molar-refractivity contribution in [2.45, 2.75) is 13.5 Å². The molecule has 2 aromatic rings. The van der Waals surface area contributed by atoms with E-state index < -0.39 is 0 Å². The van der Waals surface area contributed by atoms with Gasteiger partial charge in [0.2, 0.25) is 5.91 Å². The second-order valence-electron chi connectivity index (χ2n) is 6.57. The first-order valence-corrected chi connectivity index (χ1v) is 9.44. The summed E-state index contributed by atoms with van der Waals surface area (Å²) in [6.07, 6.45) is 0. The number of aryl methyl sites for hydroxylation is 1. The highest BCUT2D eigenvalue weighted by Crippen LogP contribution is 2.23. The molecule has 4 nitrogen and oxygen atoms in total. The van der Waals surface area contributed by atoms with Crippen molar-refractivity contribution in [2.24, 2.45) is 0 Å². The molecule has 0 spiro atoms. The van der Waals surface area contributed by atoms with E-state index in [1.165, 1.54) is 11.1 Å². The molecule has 1 heterocycles. The van der Waals surface area contributed by atoms with Crippen LogP contribution in [0.25, 0.3) is 0 Å². The van der Waals surface area contributed by atoms with Crippen LogP contribution in [0.3, 0.4) is 0 Å². The van der Waals surface area contributed by atoms with Crippen molar-refractivity contribution in [3.05, 3.63) is 64.1 Å². The molecule has 6 heteroatoms. The van der Waals surface area contributed by atoms with Gasteiger partial charge in [-0.1, -0.05) is 36.4 Å². The zero-order valence-corrected chi connectivity index (χ0v) is 17.3. The molecule has 0 atom stereocenters. The minimum absolute atomic E-state index is 0. The number of hydrogen-bond donors (Lipinski definition) is 1. The average Bonchev–Trinajstić information content (AvgIpc) is 2.60. The predicted octanol–water partition coefficient (Wildman–Crippen LogP) is 0.518. The van der Waals surface area contributed by atoms with E-state index in [1.807, 2.05) is 31.2 Å². The monoisotopic (exact) mass is 436 g/mol. The summed E-state index contributed by atoms with van der Waals surface area (Å²) in [5.41, 5.74) is 3.34. The van der Waals surface area contributed by atoms with E-state index in [2.05, 4.69) is 55.3 Å². The fraction of sp³-hybridized carbons (Fsp3) is 0.350. The van der Waals surface area contributed by atoms with E-state index in [4.69, 9.17) is 0 Å². The Kier molecular flexibility index (Phi) is 8.10. The van der Waals surface area contributed by atoms with Gasteiger partial charge in [-0.05, 0) is 46.1 Å². The van der Waals surface area contributed by atoms with Gasteiger partial charge in [0.25, 0.3) is 0 Å². The molecule has 0 radical (unpaired) electrons. The zero-order chi connectivity index (χ0) is 17.6. The normalized spacial score (nSPS) is 15.3. The van der Waals surface area contributed by atoms with Crippen LogP contribution in [-0.2, 0) is 11.3 Å². The van der Waals surface area contributed by atoms with Gasteiger partial charge in [-0.2, -0.15) is 0 Å². The molecule has 140 valence electrons. The van der Waals surface area contributed by atoms with Crippen LogP contribution in [0.1, 0.15) is 11.1 Å². The third-order valence-electron chi connectivity index (χ3n) is 4.48. The summed E-state index contributed by atoms with van der Waals surface area (Å²) in [6, 6.07) is 16.5. The number of carbonyl (C=O) groups excluding carboxylic acids is 1. The first kappa shape index (κ1) is 20.9. The van der Waals surface area contributed by atoms with E-state index in [0.29, 0.717) is 6.54 Å². The standard InChI is InChI=1S/C20H24BrN3O.ClH/c1-16-7-8-19(18(21)13-16)22-20(25)15-24-11-9-23(10-12-24)14-17-5-3-2-4-6-17;/h2-8,13H,9-12,14-15H2,1H3,(H,22,25);1H/p-1. The highest BCUT2D eigenvalue weighted by atomic mass is 79.9. The SMILES string of the molecule is Cc1ccc(NC(=O)CN2CCN(Cc3ccccc3)CC2)c(Br)c1.[Cl-]. The van der Waals surface area contributed by atoms with Crippen LogP contribution in [-0.4, -0.2) is 48.4 Å². The molecule has 1 aliphatic rings. The first-order chi connectivity index (χ1) is 12.1. The molecule has 1 amide bonds. The van der Waals surface area contributed by atoms with Gasteiger partial charge in [0, 0.05) is 37.2 Å². The molecule has 0 saturated carbocycles. The molecule has 1 fully saturated rings. The molecular weight excluding hydrogens is 414 g/mol. The summed E-state index contributed by atoms with van der Waals surface area (Å²) in [4.78, 5) is 17.0. The molecule has 0 unspecified atom stereocenters. The Hall–Kier alpha value is -1.40. The highest BCUT2D eigenvalue weighted by Gasteiger charge is 2.19. The highest BCUT2D eigenvalue weighted by molar-refractivity contribution is 9.10. The van der Waals surface area contributed by atoms with Crippen molar-refractivity contribution in [1.29, 1.82) is 0 Å². The first-order valence-electron chi connectivity index (χ1n) is 8.65. The summed E-state index contributed by atoms with van der Waals surface area (Å²) in [6.45, 7) is 7.30. The Morgan fingerprint density at radius 1 is 1.04 bits per heavy atom. The summed E-state index contributed by atoms with van der Waals surface area (Å²) in [5, 5.41) is 2.99. The summed E-state index contributed by atoms with van der Waals surface area (Å²) in [7, 11) is 0. The fourth-order valence-electron chi connectivity index (χ4n) is 3.06. The zero-order valence-electron chi connectivity index (χ0n) is 14.9. The lowest BCUT2D eigenvalue weighted by molar-refractivity contribution is -0.117. The second kappa shape index (κ2) is 10.1. The molecule has 0 bridgehead atoms. The fourth-order valence-corrected chi connectivity index (χ4v) is 3.65. The van der Waals surface area contributed by atoms with E-state index in [9.17, 15) is 4.79 Å². The molecule has 1 N–H and O–H groups in total. The van der Waals surface area contributed by atoms with Crippen molar-refractivity contribution >= 4 is 27.5 Å². The van der Waals surface area contributed by atoms with E-state index >= 15 is 0 Å². The number of nitrogens with one attached hydrogen (secondary N) is 1. The van der Waals surface area contributed by atoms with Crippen molar-refractivity contribution in [2.75, 3.05) is 38.0 Å². The quantitative estimate of drug-likeness (QED) is 0.741. The summed E-state index contributed by atoms with van der Waals surface area (Å²) in [5.74, 6) is 0.0427. The largest absolute Gasteiger partial charge is 1.00 e. The van der Waals surface area contributed by atoms with E-state index in [0.717, 1.165) is 42.9 Å². The minimum atomic E-state index is 0. The Balaban J connectivity index is 0.00000243. The maximum absolute atomic E-state index is 12.3. The number of rotatable bonds is 5. The van der Waals surface area contributed by atoms with Crippen molar-refractivity contribution in [3.8, 4) is 0 Å². The van der Waals surface area contributed by atoms with Gasteiger partial charge >= 0.3 is 0 Å². The molecule has 3 rings (SSSR count). The maximum Gasteiger partial charge on any atom is 0.238 e. The van der Waals surface area contributed by atoms with Gasteiger partial charge in [0.1, 0.15) is 0 Å². The van der Waals surface area contributed by atoms with Gasteiger partial charge in [-0.3, -0.25) is 14.6 Å². The Bertz CT molecular complexity index is 718. The number of carbonyl (C=O) groups is 1. The van der Waals surface area contributed by atoms with E-state index in [1.54, 1.807) is 0 Å². The topological polar surface area (TPSA) is 35.6 Å². The van der Waals surface area contributed by atoms with Crippen LogP contribution in [0, 0.1) is 6.92 Å². The number of anilines is 1. The molecule has 2 aromatic carbocycles. The minimum Gasteiger partial charge on any atom is -1.00 e. The lowest BCUT2D eigenvalue weighted by Gasteiger charge is -2.34. The molecule has 0 aromatic heterocycles. The second-order valence-corrected chi connectivity index (χ2v) is 7.42. The van der Waals surface area contributed by atoms with Gasteiger partial charge < -0.3 is 17.7 Å². The lowest BCUT2D eigenvalue weighted by Crippen LogP contribution is -3.00. The average molecular weight is 438 g/mol. The number of benzene rings is 2. The summed E-state index contributed by atoms with van der Waals surface area (Å²) < 4.78 is 0.925. The van der Waals surface area contributed by atoms with E-state index in [-0.39, 0.29) is 18.3 Å². The lowest BCUT2D eigenvalue weighted by atomic mass is 10.2. The van der Waals surface area contributed by atoms with Crippen LogP contribution >= 0.6 is 15.9 Å². The van der Waals surface area contributed by atoms with Crippen LogP contribution in [0.4, 0.5) is 5.69 Å². The number of nitrogens with zero attached hydrogens (tertiary/aromatic N) is 2. The Morgan fingerprint density at radius 2 is 1.69 bits per heavy atom. The van der Waals surface area contributed by atoms with Crippen LogP contribution < -0.4 is 17.7 Å². The van der Waals surface area contributed by atoms with Crippen molar-refractivity contribution < 1.29 is 17.2 Å². The number of halogens is 2. The smallest absolute Gasteiger partial charge is 0.238 e. The van der Waals surface area contributed by atoms with Crippen LogP contribution in [0.5, 0.6) is 0 Å². The van der Waals surface area contributed by atoms with Crippen molar-refractivity contribution in [1.82, 2.24) is 9.80 Å². The van der Waals surface area contributed by atoms with Gasteiger partial charge in [0.05, 0.1) is 12.2 Å². The number of hydrogen-bond acceptors (Lipinski definition) is 3. The van der Waals surface area contributed by atoms with Crippen molar-refractivity contribution in [3.63, 3.8) is 0 Å². The third kappa shape index (κ3) is 6.09. The molecular formula is C20H24BrClN3O-.